The van der Waals surface area contributed by atoms with E-state index in [9.17, 15) is 9.90 Å². The molecule has 0 radical (unpaired) electrons. The van der Waals surface area contributed by atoms with Gasteiger partial charge >= 0.3 is 5.97 Å². The molecule has 2 aromatic carbocycles. The third-order valence-electron chi connectivity index (χ3n) is 3.21. The fraction of sp³-hybridized carbons (Fsp3) is 0.125. The van der Waals surface area contributed by atoms with Gasteiger partial charge in [-0.05, 0) is 48.4 Å². The van der Waals surface area contributed by atoms with E-state index in [1.807, 2.05) is 13.0 Å². The van der Waals surface area contributed by atoms with Gasteiger partial charge in [0.1, 0.15) is 0 Å². The lowest BCUT2D eigenvalue weighted by Crippen LogP contribution is -2.20. The molecule has 106 valence electrons. The Labute approximate surface area is 122 Å². The van der Waals surface area contributed by atoms with Gasteiger partial charge in [-0.2, -0.15) is 5.26 Å². The fourth-order valence-electron chi connectivity index (χ4n) is 1.93. The summed E-state index contributed by atoms with van der Waals surface area (Å²) in [5, 5.41) is 21.1. The molecular formula is C16H15N3O2. The quantitative estimate of drug-likeness (QED) is 0.748. The number of carbonyl (C=O) groups is 1. The maximum Gasteiger partial charge on any atom is 0.330 e. The maximum absolute atomic E-state index is 11.5. The van der Waals surface area contributed by atoms with Crippen LogP contribution in [0.5, 0.6) is 0 Å². The highest BCUT2D eigenvalue weighted by Crippen LogP contribution is 2.23. The lowest BCUT2D eigenvalue weighted by Gasteiger charge is -2.17. The Kier molecular flexibility index (Phi) is 4.10. The topological polar surface area (TPSA) is 99.1 Å². The largest absolute Gasteiger partial charge is 0.479 e. The van der Waals surface area contributed by atoms with Crippen molar-refractivity contribution in [1.29, 1.82) is 5.26 Å². The van der Waals surface area contributed by atoms with Crippen LogP contribution < -0.4 is 11.1 Å². The van der Waals surface area contributed by atoms with Gasteiger partial charge in [0.15, 0.2) is 6.04 Å². The van der Waals surface area contributed by atoms with Crippen LogP contribution in [0.25, 0.3) is 0 Å². The molecule has 21 heavy (non-hydrogen) atoms. The van der Waals surface area contributed by atoms with E-state index in [2.05, 4.69) is 5.32 Å². The van der Waals surface area contributed by atoms with Crippen LogP contribution >= 0.6 is 0 Å². The molecule has 0 amide bonds. The molecule has 1 atom stereocenters. The highest BCUT2D eigenvalue weighted by Gasteiger charge is 2.20. The summed E-state index contributed by atoms with van der Waals surface area (Å²) in [7, 11) is 0. The first-order chi connectivity index (χ1) is 10.0. The molecule has 0 heterocycles. The summed E-state index contributed by atoms with van der Waals surface area (Å²) in [5.41, 5.74) is 9.02. The van der Waals surface area contributed by atoms with Crippen molar-refractivity contribution in [2.75, 3.05) is 11.1 Å². The van der Waals surface area contributed by atoms with E-state index < -0.39 is 12.0 Å². The van der Waals surface area contributed by atoms with Crippen LogP contribution in [0, 0.1) is 18.3 Å². The van der Waals surface area contributed by atoms with Crippen LogP contribution in [0.4, 0.5) is 11.4 Å². The number of nitrogens with one attached hydrogen (secondary N) is 1. The van der Waals surface area contributed by atoms with Crippen molar-refractivity contribution < 1.29 is 9.90 Å². The van der Waals surface area contributed by atoms with Gasteiger partial charge < -0.3 is 16.2 Å². The molecule has 0 saturated heterocycles. The number of nitrogen functional groups attached to an aromatic ring is 1. The molecule has 0 spiro atoms. The normalized spacial score (nSPS) is 11.4. The fourth-order valence-corrected chi connectivity index (χ4v) is 1.93. The van der Waals surface area contributed by atoms with E-state index in [1.54, 1.807) is 42.5 Å². The van der Waals surface area contributed by atoms with Gasteiger partial charge in [-0.15, -0.1) is 0 Å². The third kappa shape index (κ3) is 3.31. The molecule has 0 saturated carbocycles. The Bertz CT molecular complexity index is 702. The second-order valence-electron chi connectivity index (χ2n) is 4.72. The molecule has 0 aromatic heterocycles. The van der Waals surface area contributed by atoms with Crippen LogP contribution in [-0.2, 0) is 4.79 Å². The molecule has 4 N–H and O–H groups in total. The number of nitrogens with two attached hydrogens (primary N) is 1. The first kappa shape index (κ1) is 14.4. The molecular weight excluding hydrogens is 266 g/mol. The van der Waals surface area contributed by atoms with Crippen LogP contribution in [0.1, 0.15) is 22.7 Å². The van der Waals surface area contributed by atoms with E-state index in [1.165, 1.54) is 0 Å². The average molecular weight is 281 g/mol. The van der Waals surface area contributed by atoms with Crippen molar-refractivity contribution in [3.8, 4) is 6.07 Å². The van der Waals surface area contributed by atoms with Gasteiger partial charge in [0.25, 0.3) is 0 Å². The third-order valence-corrected chi connectivity index (χ3v) is 3.21. The van der Waals surface area contributed by atoms with E-state index in [0.29, 0.717) is 22.5 Å². The minimum absolute atomic E-state index is 0.520. The number of benzene rings is 2. The Hall–Kier alpha value is -3.00. The predicted octanol–water partition coefficient (Wildman–Crippen LogP) is 2.69. The summed E-state index contributed by atoms with van der Waals surface area (Å²) >= 11 is 0. The Balaban J connectivity index is 2.28. The van der Waals surface area contributed by atoms with E-state index in [-0.39, 0.29) is 0 Å². The number of hydrogen-bond donors (Lipinski definition) is 3. The van der Waals surface area contributed by atoms with Crippen molar-refractivity contribution in [3.63, 3.8) is 0 Å². The number of aliphatic carboxylic acids is 1. The van der Waals surface area contributed by atoms with Crippen molar-refractivity contribution in [1.82, 2.24) is 0 Å². The van der Waals surface area contributed by atoms with Crippen molar-refractivity contribution >= 4 is 17.3 Å². The van der Waals surface area contributed by atoms with Crippen molar-refractivity contribution in [2.24, 2.45) is 0 Å². The zero-order chi connectivity index (χ0) is 15.4. The van der Waals surface area contributed by atoms with Crippen LogP contribution in [0.15, 0.2) is 42.5 Å². The molecule has 0 bridgehead atoms. The van der Waals surface area contributed by atoms with E-state index in [4.69, 9.17) is 11.0 Å². The SMILES string of the molecule is Cc1ccc(C(Nc2ccc(C#N)cc2)C(=O)O)cc1N. The summed E-state index contributed by atoms with van der Waals surface area (Å²) in [4.78, 5) is 11.5. The highest BCUT2D eigenvalue weighted by atomic mass is 16.4. The lowest BCUT2D eigenvalue weighted by molar-refractivity contribution is -0.138. The summed E-state index contributed by atoms with van der Waals surface area (Å²) < 4.78 is 0. The molecule has 0 aliphatic heterocycles. The minimum Gasteiger partial charge on any atom is -0.479 e. The van der Waals surface area contributed by atoms with E-state index in [0.717, 1.165) is 5.56 Å². The summed E-state index contributed by atoms with van der Waals surface area (Å²) in [6, 6.07) is 12.9. The number of rotatable bonds is 4. The summed E-state index contributed by atoms with van der Waals surface area (Å²) in [6.07, 6.45) is 0. The molecule has 2 aromatic rings. The zero-order valence-electron chi connectivity index (χ0n) is 11.5. The Morgan fingerprint density at radius 1 is 1.29 bits per heavy atom. The second-order valence-corrected chi connectivity index (χ2v) is 4.72. The van der Waals surface area contributed by atoms with Gasteiger partial charge in [0.2, 0.25) is 0 Å². The minimum atomic E-state index is -0.998. The predicted molar refractivity (Wildman–Crippen MR) is 80.7 cm³/mol. The number of carboxylic acids is 1. The Morgan fingerprint density at radius 2 is 1.95 bits per heavy atom. The maximum atomic E-state index is 11.5. The van der Waals surface area contributed by atoms with Crippen molar-refractivity contribution in [3.05, 3.63) is 59.2 Å². The monoisotopic (exact) mass is 281 g/mol. The number of nitrogens with zero attached hydrogens (tertiary/aromatic N) is 1. The van der Waals surface area contributed by atoms with Crippen molar-refractivity contribution in [2.45, 2.75) is 13.0 Å². The lowest BCUT2D eigenvalue weighted by atomic mass is 10.0. The molecule has 1 unspecified atom stereocenters. The number of aryl methyl sites for hydroxylation is 1. The first-order valence-corrected chi connectivity index (χ1v) is 6.37. The molecule has 2 rings (SSSR count). The van der Waals surface area contributed by atoms with Gasteiger partial charge in [-0.25, -0.2) is 4.79 Å². The van der Waals surface area contributed by atoms with Crippen LogP contribution in [0.2, 0.25) is 0 Å². The molecule has 0 fully saturated rings. The van der Waals surface area contributed by atoms with E-state index >= 15 is 0 Å². The molecule has 5 nitrogen and oxygen atoms in total. The number of hydrogen-bond acceptors (Lipinski definition) is 4. The van der Waals surface area contributed by atoms with Gasteiger partial charge in [0, 0.05) is 11.4 Å². The number of anilines is 2. The summed E-state index contributed by atoms with van der Waals surface area (Å²) in [5.74, 6) is -0.998. The van der Waals surface area contributed by atoms with Gasteiger partial charge in [-0.1, -0.05) is 12.1 Å². The number of nitriles is 1. The second kappa shape index (κ2) is 5.97. The van der Waals surface area contributed by atoms with Gasteiger partial charge in [-0.3, -0.25) is 0 Å². The first-order valence-electron chi connectivity index (χ1n) is 6.37. The zero-order valence-corrected chi connectivity index (χ0v) is 11.5. The standard InChI is InChI=1S/C16H15N3O2/c1-10-2-5-12(8-14(10)18)15(16(20)21)19-13-6-3-11(9-17)4-7-13/h2-8,15,19H,18H2,1H3,(H,20,21). The summed E-state index contributed by atoms with van der Waals surface area (Å²) in [6.45, 7) is 1.86. The molecule has 5 heteroatoms. The Morgan fingerprint density at radius 3 is 2.48 bits per heavy atom. The molecule has 0 aliphatic carbocycles. The van der Waals surface area contributed by atoms with Gasteiger partial charge in [0.05, 0.1) is 11.6 Å². The van der Waals surface area contributed by atoms with Crippen LogP contribution in [-0.4, -0.2) is 11.1 Å². The molecule has 0 aliphatic rings. The smallest absolute Gasteiger partial charge is 0.330 e. The highest BCUT2D eigenvalue weighted by molar-refractivity contribution is 5.80. The number of carboxylic acid groups (broad SMARTS) is 1. The van der Waals surface area contributed by atoms with Crippen LogP contribution in [0.3, 0.4) is 0 Å². The average Bonchev–Trinajstić information content (AvgIpc) is 2.48.